The first-order chi connectivity index (χ1) is 17.7. The zero-order valence-corrected chi connectivity index (χ0v) is 20.6. The molecule has 1 saturated heterocycles. The van der Waals surface area contributed by atoms with Gasteiger partial charge in [-0.1, -0.05) is 43.5 Å². The number of carbonyl (C=O) groups is 1. The van der Waals surface area contributed by atoms with Crippen molar-refractivity contribution >= 4 is 5.91 Å². The van der Waals surface area contributed by atoms with Crippen LogP contribution < -0.4 is 5.32 Å². The summed E-state index contributed by atoms with van der Waals surface area (Å²) in [4.78, 5) is 24.9. The van der Waals surface area contributed by atoms with E-state index in [0.717, 1.165) is 48.9 Å². The van der Waals surface area contributed by atoms with Crippen LogP contribution in [0.1, 0.15) is 79.2 Å². The average Bonchev–Trinajstić information content (AvgIpc) is 3.43. The zero-order valence-electron chi connectivity index (χ0n) is 20.6. The Morgan fingerprint density at radius 1 is 0.917 bits per heavy atom. The van der Waals surface area contributed by atoms with Crippen LogP contribution in [-0.4, -0.2) is 39.4 Å². The first kappa shape index (κ1) is 24.1. The molecule has 1 aliphatic heterocycles. The van der Waals surface area contributed by atoms with E-state index in [2.05, 4.69) is 44.5 Å². The van der Waals surface area contributed by atoms with Crippen LogP contribution in [-0.2, 0) is 4.79 Å². The van der Waals surface area contributed by atoms with E-state index in [1.165, 1.54) is 19.3 Å². The molecule has 2 unspecified atom stereocenters. The molecule has 1 aliphatic carbocycles. The predicted octanol–water partition coefficient (Wildman–Crippen LogP) is 5.13. The number of carbonyl (C=O) groups excluding carboxylic acids is 1. The van der Waals surface area contributed by atoms with Crippen LogP contribution in [0.2, 0.25) is 0 Å². The largest absolute Gasteiger partial charge is 0.352 e. The van der Waals surface area contributed by atoms with Crippen molar-refractivity contribution in [2.45, 2.75) is 69.0 Å². The van der Waals surface area contributed by atoms with Gasteiger partial charge in [-0.15, -0.1) is 0 Å². The highest BCUT2D eigenvalue weighted by Gasteiger charge is 2.41. The smallest absolute Gasteiger partial charge is 0.237 e. The SMILES string of the molecule is N#Cc1cccc(C(C(c2cccnc2)c2cccnc2)N2CCCC2C(=O)NC2CCCCC2)c1. The fraction of sp³-hybridized carbons (Fsp3) is 0.400. The number of hydrogen-bond donors (Lipinski definition) is 1. The summed E-state index contributed by atoms with van der Waals surface area (Å²) < 4.78 is 0. The maximum Gasteiger partial charge on any atom is 0.237 e. The molecule has 0 radical (unpaired) electrons. The lowest BCUT2D eigenvalue weighted by atomic mass is 9.81. The van der Waals surface area contributed by atoms with Crippen LogP contribution in [0.3, 0.4) is 0 Å². The quantitative estimate of drug-likeness (QED) is 0.508. The Kier molecular flexibility index (Phi) is 7.68. The van der Waals surface area contributed by atoms with Crippen LogP contribution in [0, 0.1) is 11.3 Å². The summed E-state index contributed by atoms with van der Waals surface area (Å²) in [5.74, 6) is 0.0429. The zero-order chi connectivity index (χ0) is 24.7. The number of nitrogens with one attached hydrogen (secondary N) is 1. The van der Waals surface area contributed by atoms with Gasteiger partial charge in [-0.3, -0.25) is 19.7 Å². The third-order valence-electron chi connectivity index (χ3n) is 7.67. The Bertz CT molecular complexity index is 1150. The normalized spacial score (nSPS) is 19.6. The minimum absolute atomic E-state index is 0.0931. The third-order valence-corrected chi connectivity index (χ3v) is 7.67. The van der Waals surface area contributed by atoms with Gasteiger partial charge in [-0.25, -0.2) is 0 Å². The molecule has 184 valence electrons. The van der Waals surface area contributed by atoms with E-state index in [1.807, 2.05) is 42.7 Å². The van der Waals surface area contributed by atoms with Crippen LogP contribution in [0.4, 0.5) is 0 Å². The van der Waals surface area contributed by atoms with E-state index in [9.17, 15) is 10.1 Å². The maximum atomic E-state index is 13.6. The van der Waals surface area contributed by atoms with Crippen molar-refractivity contribution in [1.29, 1.82) is 5.26 Å². The Hall–Kier alpha value is -3.56. The van der Waals surface area contributed by atoms with E-state index in [1.54, 1.807) is 12.4 Å². The number of hydrogen-bond acceptors (Lipinski definition) is 5. The number of benzene rings is 1. The van der Waals surface area contributed by atoms with Crippen molar-refractivity contribution in [2.24, 2.45) is 0 Å². The summed E-state index contributed by atoms with van der Waals surface area (Å²) in [6.45, 7) is 0.821. The molecule has 6 nitrogen and oxygen atoms in total. The van der Waals surface area contributed by atoms with Gasteiger partial charge < -0.3 is 5.32 Å². The van der Waals surface area contributed by atoms with Gasteiger partial charge in [-0.05, 0) is 73.2 Å². The van der Waals surface area contributed by atoms with E-state index in [-0.39, 0.29) is 30.0 Å². The summed E-state index contributed by atoms with van der Waals surface area (Å²) in [6.07, 6.45) is 15.0. The fourth-order valence-corrected chi connectivity index (χ4v) is 5.99. The minimum Gasteiger partial charge on any atom is -0.352 e. The lowest BCUT2D eigenvalue weighted by Crippen LogP contribution is -2.49. The Morgan fingerprint density at radius 2 is 1.61 bits per heavy atom. The molecule has 1 amide bonds. The van der Waals surface area contributed by atoms with Gasteiger partial charge in [0, 0.05) is 42.8 Å². The first-order valence-corrected chi connectivity index (χ1v) is 13.1. The van der Waals surface area contributed by atoms with Crippen molar-refractivity contribution in [2.75, 3.05) is 6.54 Å². The highest BCUT2D eigenvalue weighted by Crippen LogP contribution is 2.43. The number of pyridine rings is 2. The second-order valence-electron chi connectivity index (χ2n) is 9.97. The van der Waals surface area contributed by atoms with E-state index < -0.39 is 0 Å². The molecule has 1 N–H and O–H groups in total. The lowest BCUT2D eigenvalue weighted by Gasteiger charge is -2.39. The molecular formula is C30H33N5O. The number of nitrogens with zero attached hydrogens (tertiary/aromatic N) is 4. The summed E-state index contributed by atoms with van der Waals surface area (Å²) >= 11 is 0. The Labute approximate surface area is 213 Å². The number of aromatic nitrogens is 2. The van der Waals surface area contributed by atoms with Gasteiger partial charge in [0.25, 0.3) is 0 Å². The summed E-state index contributed by atoms with van der Waals surface area (Å²) in [7, 11) is 0. The highest BCUT2D eigenvalue weighted by molar-refractivity contribution is 5.82. The molecule has 2 atom stereocenters. The maximum absolute atomic E-state index is 13.6. The number of likely N-dealkylation sites (tertiary alicyclic amines) is 1. The lowest BCUT2D eigenvalue weighted by molar-refractivity contribution is -0.127. The van der Waals surface area contributed by atoms with Gasteiger partial charge in [-0.2, -0.15) is 5.26 Å². The number of rotatable bonds is 7. The van der Waals surface area contributed by atoms with E-state index in [4.69, 9.17) is 0 Å². The highest BCUT2D eigenvalue weighted by atomic mass is 16.2. The van der Waals surface area contributed by atoms with Crippen molar-refractivity contribution in [3.8, 4) is 6.07 Å². The second kappa shape index (κ2) is 11.5. The minimum atomic E-state index is -0.210. The summed E-state index contributed by atoms with van der Waals surface area (Å²) in [5.41, 5.74) is 3.78. The van der Waals surface area contributed by atoms with Crippen molar-refractivity contribution in [1.82, 2.24) is 20.2 Å². The Balaban J connectivity index is 1.57. The van der Waals surface area contributed by atoms with Gasteiger partial charge >= 0.3 is 0 Å². The molecule has 5 rings (SSSR count). The van der Waals surface area contributed by atoms with E-state index in [0.29, 0.717) is 5.56 Å². The Morgan fingerprint density at radius 3 is 2.25 bits per heavy atom. The van der Waals surface area contributed by atoms with Gasteiger partial charge in [0.2, 0.25) is 5.91 Å². The molecule has 2 aliphatic rings. The first-order valence-electron chi connectivity index (χ1n) is 13.1. The van der Waals surface area contributed by atoms with Crippen LogP contribution >= 0.6 is 0 Å². The fourth-order valence-electron chi connectivity index (χ4n) is 5.99. The molecule has 0 spiro atoms. The number of nitriles is 1. The van der Waals surface area contributed by atoms with Crippen LogP contribution in [0.25, 0.3) is 0 Å². The van der Waals surface area contributed by atoms with Gasteiger partial charge in [0.05, 0.1) is 17.7 Å². The number of amides is 1. The van der Waals surface area contributed by atoms with Gasteiger partial charge in [0.15, 0.2) is 0 Å². The summed E-state index contributed by atoms with van der Waals surface area (Å²) in [5, 5.41) is 13.0. The standard InChI is InChI=1S/C30H33N5O/c31-19-22-8-4-9-23(18-22)29(28(24-10-5-15-32-20-24)25-11-6-16-33-21-25)35-17-7-14-27(35)30(36)34-26-12-2-1-3-13-26/h4-6,8-11,15-16,18,20-21,26-29H,1-3,7,12-14,17H2,(H,34,36). The predicted molar refractivity (Wildman–Crippen MR) is 139 cm³/mol. The van der Waals surface area contributed by atoms with E-state index >= 15 is 0 Å². The molecule has 2 aromatic heterocycles. The summed E-state index contributed by atoms with van der Waals surface area (Å²) in [6, 6.07) is 18.2. The molecule has 0 bridgehead atoms. The van der Waals surface area contributed by atoms with Gasteiger partial charge in [0.1, 0.15) is 0 Å². The van der Waals surface area contributed by atoms with Crippen molar-refractivity contribution < 1.29 is 4.79 Å². The monoisotopic (exact) mass is 479 g/mol. The topological polar surface area (TPSA) is 81.9 Å². The van der Waals surface area contributed by atoms with Crippen molar-refractivity contribution in [3.63, 3.8) is 0 Å². The van der Waals surface area contributed by atoms with Crippen LogP contribution in [0.15, 0.2) is 73.3 Å². The van der Waals surface area contributed by atoms with Crippen LogP contribution in [0.5, 0.6) is 0 Å². The molecule has 6 heteroatoms. The van der Waals surface area contributed by atoms with Crippen molar-refractivity contribution in [3.05, 3.63) is 95.6 Å². The molecule has 1 aromatic carbocycles. The molecule has 36 heavy (non-hydrogen) atoms. The molecule has 1 saturated carbocycles. The third kappa shape index (κ3) is 5.32. The molecular weight excluding hydrogens is 446 g/mol. The average molecular weight is 480 g/mol. The molecule has 2 fully saturated rings. The molecule has 3 heterocycles. The second-order valence-corrected chi connectivity index (χ2v) is 9.97. The molecule has 3 aromatic rings.